The molecular weight excluding hydrogens is 368 g/mol. The van der Waals surface area contributed by atoms with Crippen LogP contribution in [0.15, 0.2) is 60.0 Å². The molecule has 2 aromatic carbocycles. The van der Waals surface area contributed by atoms with Gasteiger partial charge in [0.25, 0.3) is 0 Å². The quantitative estimate of drug-likeness (QED) is 0.462. The highest BCUT2D eigenvalue weighted by molar-refractivity contribution is 7.99. The summed E-state index contributed by atoms with van der Waals surface area (Å²) in [6.07, 6.45) is 2.99. The number of para-hydroxylation sites is 1. The Morgan fingerprint density at radius 1 is 1.00 bits per heavy atom. The van der Waals surface area contributed by atoms with Crippen molar-refractivity contribution in [3.63, 3.8) is 0 Å². The Labute approximate surface area is 173 Å². The number of benzene rings is 2. The summed E-state index contributed by atoms with van der Waals surface area (Å²) in [6.45, 7) is 9.22. The molecule has 0 atom stereocenters. The summed E-state index contributed by atoms with van der Waals surface area (Å²) in [4.78, 5) is 6.41. The number of hydrogen-bond donors (Lipinski definition) is 0. The van der Waals surface area contributed by atoms with Crippen LogP contribution in [0, 0.1) is 0 Å². The van der Waals surface area contributed by atoms with Gasteiger partial charge in [-0.15, -0.1) is 18.3 Å². The highest BCUT2D eigenvalue weighted by Crippen LogP contribution is 2.31. The molecule has 0 saturated carbocycles. The number of hydrogen-bond acceptors (Lipinski definition) is 5. The molecule has 0 amide bonds. The van der Waals surface area contributed by atoms with Crippen LogP contribution in [0.2, 0.25) is 0 Å². The zero-order chi connectivity index (χ0) is 19.8. The third kappa shape index (κ3) is 5.24. The van der Waals surface area contributed by atoms with Crippen molar-refractivity contribution in [3.05, 3.63) is 60.7 Å². The lowest BCUT2D eigenvalue weighted by atomic mass is 10.1. The maximum atomic E-state index is 5.42. The van der Waals surface area contributed by atoms with Gasteiger partial charge in [-0.3, -0.25) is 4.90 Å². The highest BCUT2D eigenvalue weighted by Gasteiger charge is 2.19. The molecule has 0 radical (unpaired) electrons. The third-order valence-electron chi connectivity index (χ3n) is 5.10. The Morgan fingerprint density at radius 2 is 1.75 bits per heavy atom. The first-order valence-corrected chi connectivity index (χ1v) is 10.7. The predicted molar refractivity (Wildman–Crippen MR) is 119 cm³/mol. The molecule has 1 fully saturated rings. The molecule has 0 N–H and O–H groups in total. The standard InChI is InChI=1S/C23H30N2O2S/c1-4-17-28-23-8-6-5-7-20(23)25-15-13-24(14-16-25)12-11-19-9-10-21(26-2)22(18-19)27-3/h4-10,18H,1,11-17H2,2-3H3. The second-order valence-electron chi connectivity index (χ2n) is 6.84. The summed E-state index contributed by atoms with van der Waals surface area (Å²) in [6, 6.07) is 14.9. The number of methoxy groups -OCH3 is 2. The van der Waals surface area contributed by atoms with Crippen LogP contribution in [-0.2, 0) is 6.42 Å². The Hall–Kier alpha value is -2.11. The normalized spacial score (nSPS) is 14.7. The lowest BCUT2D eigenvalue weighted by Gasteiger charge is -2.37. The summed E-state index contributed by atoms with van der Waals surface area (Å²) in [7, 11) is 3.36. The van der Waals surface area contributed by atoms with Crippen molar-refractivity contribution < 1.29 is 9.47 Å². The fourth-order valence-corrected chi connectivity index (χ4v) is 4.34. The number of anilines is 1. The number of nitrogens with zero attached hydrogens (tertiary/aromatic N) is 2. The summed E-state index contributed by atoms with van der Waals surface area (Å²) in [5.74, 6) is 2.54. The number of ether oxygens (including phenoxy) is 2. The molecule has 0 spiro atoms. The van der Waals surface area contributed by atoms with Crippen molar-refractivity contribution in [2.75, 3.05) is 57.6 Å². The van der Waals surface area contributed by atoms with Crippen LogP contribution in [0.5, 0.6) is 11.5 Å². The first-order chi connectivity index (χ1) is 13.7. The number of rotatable bonds is 9. The third-order valence-corrected chi connectivity index (χ3v) is 6.16. The minimum absolute atomic E-state index is 0.785. The van der Waals surface area contributed by atoms with Gasteiger partial charge in [0.15, 0.2) is 11.5 Å². The van der Waals surface area contributed by atoms with E-state index >= 15 is 0 Å². The topological polar surface area (TPSA) is 24.9 Å². The zero-order valence-corrected chi connectivity index (χ0v) is 17.7. The molecule has 5 heteroatoms. The Kier molecular flexibility index (Phi) is 7.69. The second kappa shape index (κ2) is 10.4. The van der Waals surface area contributed by atoms with E-state index in [0.717, 1.165) is 56.4 Å². The number of thioether (sulfide) groups is 1. The summed E-state index contributed by atoms with van der Waals surface area (Å²) >= 11 is 1.86. The van der Waals surface area contributed by atoms with E-state index in [1.165, 1.54) is 16.1 Å². The van der Waals surface area contributed by atoms with Crippen LogP contribution >= 0.6 is 11.8 Å². The first-order valence-electron chi connectivity index (χ1n) is 9.76. The van der Waals surface area contributed by atoms with Crippen molar-refractivity contribution in [2.45, 2.75) is 11.3 Å². The largest absolute Gasteiger partial charge is 0.493 e. The molecule has 1 aliphatic heterocycles. The molecule has 0 aliphatic carbocycles. The van der Waals surface area contributed by atoms with Gasteiger partial charge in [-0.1, -0.05) is 24.3 Å². The van der Waals surface area contributed by atoms with E-state index < -0.39 is 0 Å². The van der Waals surface area contributed by atoms with Gasteiger partial charge >= 0.3 is 0 Å². The molecule has 0 bridgehead atoms. The van der Waals surface area contributed by atoms with E-state index in [0.29, 0.717) is 0 Å². The van der Waals surface area contributed by atoms with Gasteiger partial charge in [0.05, 0.1) is 19.9 Å². The minimum Gasteiger partial charge on any atom is -0.493 e. The smallest absolute Gasteiger partial charge is 0.160 e. The van der Waals surface area contributed by atoms with Crippen LogP contribution in [0.25, 0.3) is 0 Å². The highest BCUT2D eigenvalue weighted by atomic mass is 32.2. The monoisotopic (exact) mass is 398 g/mol. The summed E-state index contributed by atoms with van der Waals surface area (Å²) in [5.41, 5.74) is 2.64. The minimum atomic E-state index is 0.785. The Balaban J connectivity index is 1.53. The predicted octanol–water partition coefficient (Wildman–Crippen LogP) is 4.35. The molecule has 150 valence electrons. The lowest BCUT2D eigenvalue weighted by Crippen LogP contribution is -2.47. The number of piperazine rings is 1. The molecule has 0 aromatic heterocycles. The molecule has 3 rings (SSSR count). The first kappa shape index (κ1) is 20.6. The van der Waals surface area contributed by atoms with Gasteiger partial charge < -0.3 is 14.4 Å². The van der Waals surface area contributed by atoms with Crippen molar-refractivity contribution in [1.29, 1.82) is 0 Å². The molecule has 4 nitrogen and oxygen atoms in total. The summed E-state index contributed by atoms with van der Waals surface area (Å²) in [5, 5.41) is 0. The molecule has 1 heterocycles. The molecule has 0 unspecified atom stereocenters. The van der Waals surface area contributed by atoms with Gasteiger partial charge in [-0.05, 0) is 36.2 Å². The van der Waals surface area contributed by atoms with Crippen LogP contribution < -0.4 is 14.4 Å². The van der Waals surface area contributed by atoms with E-state index in [-0.39, 0.29) is 0 Å². The van der Waals surface area contributed by atoms with E-state index in [2.05, 4.69) is 52.8 Å². The van der Waals surface area contributed by atoms with Gasteiger partial charge in [-0.2, -0.15) is 0 Å². The second-order valence-corrected chi connectivity index (χ2v) is 7.90. The van der Waals surface area contributed by atoms with Crippen molar-refractivity contribution in [2.24, 2.45) is 0 Å². The van der Waals surface area contributed by atoms with Crippen LogP contribution in [0.3, 0.4) is 0 Å². The van der Waals surface area contributed by atoms with E-state index in [1.54, 1.807) is 14.2 Å². The fraction of sp³-hybridized carbons (Fsp3) is 0.391. The SMILES string of the molecule is C=CCSc1ccccc1N1CCN(CCc2ccc(OC)c(OC)c2)CC1. The van der Waals surface area contributed by atoms with Crippen molar-refractivity contribution >= 4 is 17.4 Å². The average Bonchev–Trinajstić information content (AvgIpc) is 2.76. The van der Waals surface area contributed by atoms with Crippen LogP contribution in [0.4, 0.5) is 5.69 Å². The zero-order valence-electron chi connectivity index (χ0n) is 16.9. The van der Waals surface area contributed by atoms with Gasteiger partial charge in [0.2, 0.25) is 0 Å². The van der Waals surface area contributed by atoms with E-state index in [1.807, 2.05) is 23.9 Å². The van der Waals surface area contributed by atoms with Gasteiger partial charge in [0.1, 0.15) is 0 Å². The van der Waals surface area contributed by atoms with Crippen molar-refractivity contribution in [1.82, 2.24) is 4.90 Å². The maximum absolute atomic E-state index is 5.42. The maximum Gasteiger partial charge on any atom is 0.160 e. The molecule has 1 aliphatic rings. The molecule has 1 saturated heterocycles. The van der Waals surface area contributed by atoms with Crippen molar-refractivity contribution in [3.8, 4) is 11.5 Å². The van der Waals surface area contributed by atoms with E-state index in [4.69, 9.17) is 9.47 Å². The lowest BCUT2D eigenvalue weighted by molar-refractivity contribution is 0.260. The van der Waals surface area contributed by atoms with Gasteiger partial charge in [-0.25, -0.2) is 0 Å². The Bertz CT molecular complexity index is 773. The van der Waals surface area contributed by atoms with E-state index in [9.17, 15) is 0 Å². The molecular formula is C23H30N2O2S. The Morgan fingerprint density at radius 3 is 2.46 bits per heavy atom. The van der Waals surface area contributed by atoms with Crippen LogP contribution in [-0.4, -0.2) is 57.6 Å². The summed E-state index contributed by atoms with van der Waals surface area (Å²) < 4.78 is 10.7. The molecule has 2 aromatic rings. The fourth-order valence-electron chi connectivity index (χ4n) is 3.52. The average molecular weight is 399 g/mol. The molecule has 28 heavy (non-hydrogen) atoms. The van der Waals surface area contributed by atoms with Crippen LogP contribution in [0.1, 0.15) is 5.56 Å². The van der Waals surface area contributed by atoms with Gasteiger partial charge in [0, 0.05) is 43.4 Å².